The van der Waals surface area contributed by atoms with Crippen LogP contribution in [0.4, 0.5) is 0 Å². The highest BCUT2D eigenvalue weighted by molar-refractivity contribution is 8.26. The van der Waals surface area contributed by atoms with E-state index in [-0.39, 0.29) is 0 Å². The average molecular weight is 200 g/mol. The molecule has 0 rings (SSSR count). The third-order valence-electron chi connectivity index (χ3n) is 0.957. The van der Waals surface area contributed by atoms with E-state index in [0.717, 1.165) is 0 Å². The van der Waals surface area contributed by atoms with Crippen molar-refractivity contribution in [2.45, 2.75) is 39.5 Å². The van der Waals surface area contributed by atoms with Crippen LogP contribution in [0, 0.1) is 0 Å². The van der Waals surface area contributed by atoms with Crippen LogP contribution in [0.1, 0.15) is 39.5 Å². The van der Waals surface area contributed by atoms with Gasteiger partial charge in [-0.1, -0.05) is 39.5 Å². The average Bonchev–Trinajstić information content (AvgIpc) is 1.79. The van der Waals surface area contributed by atoms with Gasteiger partial charge in [0.1, 0.15) is 0 Å². The third kappa shape index (κ3) is 65.3. The fourth-order valence-corrected chi connectivity index (χ4v) is 0.500. The molecule has 3 nitrogen and oxygen atoms in total. The van der Waals surface area contributed by atoms with Crippen molar-refractivity contribution >= 4 is 20.2 Å². The second-order valence-electron chi connectivity index (χ2n) is 2.15. The highest BCUT2D eigenvalue weighted by Gasteiger charge is 1.78. The van der Waals surface area contributed by atoms with Crippen LogP contribution in [0.25, 0.3) is 0 Å². The van der Waals surface area contributed by atoms with Crippen molar-refractivity contribution in [3.63, 3.8) is 0 Å². The molecule has 0 fully saturated rings. The molecule has 11 heavy (non-hydrogen) atoms. The fourth-order valence-electron chi connectivity index (χ4n) is 0.500. The second kappa shape index (κ2) is 8.39. The minimum absolute atomic E-state index is 1.36. The predicted molar refractivity (Wildman–Crippen MR) is 50.6 cm³/mol. The lowest BCUT2D eigenvalue weighted by Crippen LogP contribution is -1.86. The highest BCUT2D eigenvalue weighted by Crippen LogP contribution is 1.95. The minimum atomic E-state index is -3.83. The summed E-state index contributed by atoms with van der Waals surface area (Å²) in [6.07, 6.45) is 5.54. The Hall–Kier alpha value is 0.290. The molecule has 0 saturated heterocycles. The Bertz CT molecular complexity index is 139. The van der Waals surface area contributed by atoms with Gasteiger partial charge in [0.15, 0.2) is 0 Å². The Morgan fingerprint density at radius 1 is 1.18 bits per heavy atom. The fraction of sp³-hybridized carbons (Fsp3) is 1.00. The first-order valence-corrected chi connectivity index (χ1v) is 6.01. The molecule has 0 aromatic carbocycles. The monoisotopic (exact) mass is 200 g/mol. The van der Waals surface area contributed by atoms with E-state index in [2.05, 4.69) is 25.0 Å². The van der Waals surface area contributed by atoms with Gasteiger partial charge in [-0.2, -0.15) is 4.21 Å². The standard InChI is InChI=1S/C6H14.H2O3S2/c1-3-5-6-4-2;1-5(2,3)4/h3-6H2,1-2H3;(H2,1,2,3,4). The molecule has 70 valence electrons. The molecule has 0 saturated carbocycles. The van der Waals surface area contributed by atoms with Gasteiger partial charge >= 0.3 is 0 Å². The number of hydrogen-bond acceptors (Lipinski definition) is 2. The number of rotatable bonds is 3. The van der Waals surface area contributed by atoms with Gasteiger partial charge in [-0.15, -0.1) is 0 Å². The molecule has 2 N–H and O–H groups in total. The van der Waals surface area contributed by atoms with Gasteiger partial charge < -0.3 is 0 Å². The summed E-state index contributed by atoms with van der Waals surface area (Å²) in [5, 5.41) is 0. The van der Waals surface area contributed by atoms with Crippen molar-refractivity contribution in [3.8, 4) is 0 Å². The van der Waals surface area contributed by atoms with E-state index in [0.29, 0.717) is 0 Å². The molecule has 0 radical (unpaired) electrons. The van der Waals surface area contributed by atoms with E-state index in [1.54, 1.807) is 0 Å². The number of unbranched alkanes of at least 4 members (excludes halogenated alkanes) is 3. The van der Waals surface area contributed by atoms with Crippen LogP contribution in [0.5, 0.6) is 0 Å². The molecule has 0 aromatic rings. The van der Waals surface area contributed by atoms with Gasteiger partial charge in [0.05, 0.1) is 0 Å². The van der Waals surface area contributed by atoms with Gasteiger partial charge in [0, 0.05) is 11.2 Å². The zero-order valence-electron chi connectivity index (χ0n) is 6.95. The van der Waals surface area contributed by atoms with Crippen molar-refractivity contribution in [3.05, 3.63) is 0 Å². The summed E-state index contributed by atoms with van der Waals surface area (Å²) in [5.74, 6) is 0. The maximum absolute atomic E-state index is 9.11. The summed E-state index contributed by atoms with van der Waals surface area (Å²) in [4.78, 5) is 0. The lowest BCUT2D eigenvalue weighted by atomic mass is 10.2. The zero-order chi connectivity index (χ0) is 9.33. The van der Waals surface area contributed by atoms with E-state index in [9.17, 15) is 0 Å². The Kier molecular flexibility index (Phi) is 10.6. The first-order valence-electron chi connectivity index (χ1n) is 3.61. The van der Waals surface area contributed by atoms with E-state index in [4.69, 9.17) is 13.3 Å². The van der Waals surface area contributed by atoms with Crippen LogP contribution in [0.15, 0.2) is 0 Å². The number of hydrogen-bond donors (Lipinski definition) is 2. The lowest BCUT2D eigenvalue weighted by Gasteiger charge is -1.86. The van der Waals surface area contributed by atoms with Crippen LogP contribution < -0.4 is 0 Å². The second-order valence-corrected chi connectivity index (χ2v) is 4.35. The van der Waals surface area contributed by atoms with E-state index in [1.807, 2.05) is 0 Å². The Labute approximate surface area is 73.5 Å². The van der Waals surface area contributed by atoms with Gasteiger partial charge in [0.25, 0.3) is 9.05 Å². The van der Waals surface area contributed by atoms with E-state index < -0.39 is 9.05 Å². The Balaban J connectivity index is 0. The van der Waals surface area contributed by atoms with Crippen LogP contribution in [-0.4, -0.2) is 13.3 Å². The van der Waals surface area contributed by atoms with Gasteiger partial charge in [-0.25, -0.2) is 0 Å². The molecule has 0 unspecified atom stereocenters. The molecular formula is C6H16O3S2. The minimum Gasteiger partial charge on any atom is -0.285 e. The molecule has 0 aliphatic rings. The molecule has 0 heterocycles. The predicted octanol–water partition coefficient (Wildman–Crippen LogP) is 2.27. The summed E-state index contributed by atoms with van der Waals surface area (Å²) < 4.78 is 24.0. The van der Waals surface area contributed by atoms with Crippen molar-refractivity contribution in [2.75, 3.05) is 0 Å². The van der Waals surface area contributed by atoms with E-state index in [1.165, 1.54) is 25.7 Å². The van der Waals surface area contributed by atoms with Crippen molar-refractivity contribution in [2.24, 2.45) is 0 Å². The molecule has 0 amide bonds. The third-order valence-corrected chi connectivity index (χ3v) is 0.957. The quantitative estimate of drug-likeness (QED) is 0.686. The van der Waals surface area contributed by atoms with E-state index >= 15 is 0 Å². The van der Waals surface area contributed by atoms with Crippen molar-refractivity contribution in [1.82, 2.24) is 0 Å². The largest absolute Gasteiger partial charge is 0.285 e. The molecular weight excluding hydrogens is 184 g/mol. The van der Waals surface area contributed by atoms with Crippen LogP contribution in [0.3, 0.4) is 0 Å². The van der Waals surface area contributed by atoms with Crippen molar-refractivity contribution < 1.29 is 13.3 Å². The summed E-state index contributed by atoms with van der Waals surface area (Å²) in [7, 11) is -3.83. The summed E-state index contributed by atoms with van der Waals surface area (Å²) in [6.45, 7) is 4.46. The van der Waals surface area contributed by atoms with Crippen LogP contribution in [-0.2, 0) is 20.2 Å². The first kappa shape index (κ1) is 13.9. The summed E-state index contributed by atoms with van der Waals surface area (Å²) in [6, 6.07) is 0. The lowest BCUT2D eigenvalue weighted by molar-refractivity contribution is 0.450. The van der Waals surface area contributed by atoms with Crippen LogP contribution in [0.2, 0.25) is 0 Å². The normalized spacial score (nSPS) is 10.2. The maximum Gasteiger partial charge on any atom is 0.263 e. The van der Waals surface area contributed by atoms with Gasteiger partial charge in [0.2, 0.25) is 0 Å². The SMILES string of the molecule is CCCCCC.O=S(O)(O)=S. The molecule has 0 aromatic heterocycles. The molecule has 0 atom stereocenters. The van der Waals surface area contributed by atoms with Gasteiger partial charge in [-0.3, -0.25) is 9.11 Å². The molecule has 0 bridgehead atoms. The topological polar surface area (TPSA) is 57.5 Å². The first-order chi connectivity index (χ1) is 4.91. The summed E-state index contributed by atoms with van der Waals surface area (Å²) >= 11 is 3.47. The molecule has 5 heteroatoms. The maximum atomic E-state index is 9.11. The van der Waals surface area contributed by atoms with Gasteiger partial charge in [-0.05, 0) is 0 Å². The zero-order valence-corrected chi connectivity index (χ0v) is 8.58. The Morgan fingerprint density at radius 2 is 1.36 bits per heavy atom. The smallest absolute Gasteiger partial charge is 0.263 e. The molecule has 0 spiro atoms. The van der Waals surface area contributed by atoms with Crippen LogP contribution >= 0.6 is 0 Å². The van der Waals surface area contributed by atoms with Crippen molar-refractivity contribution in [1.29, 1.82) is 0 Å². The highest BCUT2D eigenvalue weighted by atomic mass is 32.9. The molecule has 0 aliphatic carbocycles. The Morgan fingerprint density at radius 3 is 1.45 bits per heavy atom. The summed E-state index contributed by atoms with van der Waals surface area (Å²) in [5.41, 5.74) is 0. The molecule has 0 aliphatic heterocycles.